The van der Waals surface area contributed by atoms with Crippen LogP contribution in [0.3, 0.4) is 0 Å². The van der Waals surface area contributed by atoms with E-state index in [0.29, 0.717) is 0 Å². The van der Waals surface area contributed by atoms with Gasteiger partial charge in [-0.3, -0.25) is 9.69 Å². The minimum Gasteiger partial charge on any atom is -0.468 e. The third-order valence-electron chi connectivity index (χ3n) is 3.13. The molecule has 1 aliphatic carbocycles. The molecule has 4 nitrogen and oxygen atoms in total. The van der Waals surface area contributed by atoms with Crippen molar-refractivity contribution in [2.24, 2.45) is 0 Å². The zero-order valence-electron chi connectivity index (χ0n) is 9.61. The van der Waals surface area contributed by atoms with Crippen LogP contribution in [-0.2, 0) is 9.53 Å². The topological polar surface area (TPSA) is 49.8 Å². The van der Waals surface area contributed by atoms with Gasteiger partial charge in [-0.05, 0) is 19.4 Å². The molecule has 1 rings (SSSR count). The minimum atomic E-state index is -0.289. The molecule has 1 saturated carbocycles. The molecule has 0 spiro atoms. The van der Waals surface area contributed by atoms with Crippen LogP contribution in [0.2, 0.25) is 0 Å². The maximum atomic E-state index is 11.2. The smallest absolute Gasteiger partial charge is 0.319 e. The summed E-state index contributed by atoms with van der Waals surface area (Å²) in [6.45, 7) is 3.07. The van der Waals surface area contributed by atoms with E-state index in [1.807, 2.05) is 11.8 Å². The predicted molar refractivity (Wildman–Crippen MR) is 57.5 cm³/mol. The Balaban J connectivity index is 2.51. The van der Waals surface area contributed by atoms with Crippen molar-refractivity contribution in [1.29, 1.82) is 0 Å². The minimum absolute atomic E-state index is 0.128. The van der Waals surface area contributed by atoms with Crippen molar-refractivity contribution in [3.63, 3.8) is 0 Å². The van der Waals surface area contributed by atoms with Gasteiger partial charge in [0.05, 0.1) is 19.8 Å². The lowest BCUT2D eigenvalue weighted by Crippen LogP contribution is -2.47. The number of ether oxygens (including phenoxy) is 1. The van der Waals surface area contributed by atoms with E-state index in [0.717, 1.165) is 32.2 Å². The summed E-state index contributed by atoms with van der Waals surface area (Å²) in [6, 6.07) is 0.128. The molecular formula is C11H21NO3. The molecule has 0 amide bonds. The van der Waals surface area contributed by atoms with E-state index < -0.39 is 0 Å². The first-order valence-electron chi connectivity index (χ1n) is 5.68. The Morgan fingerprint density at radius 1 is 1.47 bits per heavy atom. The lowest BCUT2D eigenvalue weighted by Gasteiger charge is -2.36. The zero-order valence-corrected chi connectivity index (χ0v) is 9.61. The Bertz CT molecular complexity index is 208. The summed E-state index contributed by atoms with van der Waals surface area (Å²) in [5.41, 5.74) is 0. The SMILES string of the molecule is CCN(CC(=O)OC)C1CCCCC1O. The van der Waals surface area contributed by atoms with Gasteiger partial charge < -0.3 is 9.84 Å². The van der Waals surface area contributed by atoms with Crippen molar-refractivity contribution in [3.8, 4) is 0 Å². The third-order valence-corrected chi connectivity index (χ3v) is 3.13. The van der Waals surface area contributed by atoms with E-state index in [9.17, 15) is 9.90 Å². The van der Waals surface area contributed by atoms with Gasteiger partial charge in [-0.25, -0.2) is 0 Å². The van der Waals surface area contributed by atoms with E-state index in [-0.39, 0.29) is 24.7 Å². The summed E-state index contributed by atoms with van der Waals surface area (Å²) in [4.78, 5) is 13.2. The summed E-state index contributed by atoms with van der Waals surface area (Å²) < 4.78 is 4.65. The Morgan fingerprint density at radius 3 is 2.67 bits per heavy atom. The molecule has 88 valence electrons. The van der Waals surface area contributed by atoms with Crippen LogP contribution in [0.5, 0.6) is 0 Å². The Labute approximate surface area is 91.2 Å². The molecule has 0 radical (unpaired) electrons. The van der Waals surface area contributed by atoms with Crippen LogP contribution in [0, 0.1) is 0 Å². The van der Waals surface area contributed by atoms with E-state index in [1.165, 1.54) is 7.11 Å². The molecule has 0 aromatic heterocycles. The van der Waals surface area contributed by atoms with Crippen LogP contribution >= 0.6 is 0 Å². The number of aliphatic hydroxyl groups excluding tert-OH is 1. The van der Waals surface area contributed by atoms with Crippen molar-refractivity contribution in [3.05, 3.63) is 0 Å². The summed E-state index contributed by atoms with van der Waals surface area (Å²) in [5, 5.41) is 9.86. The van der Waals surface area contributed by atoms with Gasteiger partial charge in [-0.15, -0.1) is 0 Å². The molecule has 0 aromatic rings. The van der Waals surface area contributed by atoms with Gasteiger partial charge in [0, 0.05) is 6.04 Å². The largest absolute Gasteiger partial charge is 0.468 e. The second-order valence-corrected chi connectivity index (χ2v) is 4.06. The van der Waals surface area contributed by atoms with Gasteiger partial charge in [0.1, 0.15) is 0 Å². The number of likely N-dealkylation sites (N-methyl/N-ethyl adjacent to an activating group) is 1. The standard InChI is InChI=1S/C11H21NO3/c1-3-12(8-11(14)15-2)9-6-4-5-7-10(9)13/h9-10,13H,3-8H2,1-2H3. The maximum Gasteiger partial charge on any atom is 0.319 e. The van der Waals surface area contributed by atoms with Crippen LogP contribution in [0.25, 0.3) is 0 Å². The highest BCUT2D eigenvalue weighted by Crippen LogP contribution is 2.22. The van der Waals surface area contributed by atoms with Gasteiger partial charge in [-0.2, -0.15) is 0 Å². The van der Waals surface area contributed by atoms with Crippen LogP contribution in [0.4, 0.5) is 0 Å². The number of hydrogen-bond donors (Lipinski definition) is 1. The molecule has 1 N–H and O–H groups in total. The lowest BCUT2D eigenvalue weighted by molar-refractivity contribution is -0.143. The first-order chi connectivity index (χ1) is 7.19. The fourth-order valence-corrected chi connectivity index (χ4v) is 2.21. The van der Waals surface area contributed by atoms with Gasteiger partial charge >= 0.3 is 5.97 Å². The third kappa shape index (κ3) is 3.47. The first-order valence-corrected chi connectivity index (χ1v) is 5.68. The quantitative estimate of drug-likeness (QED) is 0.704. The summed E-state index contributed by atoms with van der Waals surface area (Å²) in [6.07, 6.45) is 3.77. The summed E-state index contributed by atoms with van der Waals surface area (Å²) in [5.74, 6) is -0.227. The number of esters is 1. The van der Waals surface area contributed by atoms with E-state index >= 15 is 0 Å². The summed E-state index contributed by atoms with van der Waals surface area (Å²) >= 11 is 0. The second-order valence-electron chi connectivity index (χ2n) is 4.06. The van der Waals surface area contributed by atoms with Gasteiger partial charge in [0.2, 0.25) is 0 Å². The van der Waals surface area contributed by atoms with Crippen molar-refractivity contribution >= 4 is 5.97 Å². The zero-order chi connectivity index (χ0) is 11.3. The Kier molecular flexibility index (Phi) is 5.05. The van der Waals surface area contributed by atoms with E-state index in [1.54, 1.807) is 0 Å². The molecule has 0 heterocycles. The number of hydrogen-bond acceptors (Lipinski definition) is 4. The molecular weight excluding hydrogens is 194 g/mol. The Hall–Kier alpha value is -0.610. The Morgan fingerprint density at radius 2 is 2.13 bits per heavy atom. The molecule has 2 unspecified atom stereocenters. The van der Waals surface area contributed by atoms with E-state index in [4.69, 9.17) is 0 Å². The number of methoxy groups -OCH3 is 1. The van der Waals surface area contributed by atoms with Gasteiger partial charge in [0.25, 0.3) is 0 Å². The van der Waals surface area contributed by atoms with Crippen molar-refractivity contribution in [2.45, 2.75) is 44.8 Å². The number of nitrogens with zero attached hydrogens (tertiary/aromatic N) is 1. The number of carbonyl (C=O) groups is 1. The molecule has 1 aliphatic rings. The van der Waals surface area contributed by atoms with Crippen molar-refractivity contribution < 1.29 is 14.6 Å². The van der Waals surface area contributed by atoms with Crippen molar-refractivity contribution in [1.82, 2.24) is 4.90 Å². The van der Waals surface area contributed by atoms with Gasteiger partial charge in [-0.1, -0.05) is 19.8 Å². The molecule has 0 aliphatic heterocycles. The maximum absolute atomic E-state index is 11.2. The highest BCUT2D eigenvalue weighted by atomic mass is 16.5. The van der Waals surface area contributed by atoms with Crippen LogP contribution < -0.4 is 0 Å². The molecule has 0 aromatic carbocycles. The molecule has 0 saturated heterocycles. The van der Waals surface area contributed by atoms with Crippen molar-refractivity contribution in [2.75, 3.05) is 20.2 Å². The second kappa shape index (κ2) is 6.08. The number of aliphatic hydroxyl groups is 1. The number of carbonyl (C=O) groups excluding carboxylic acids is 1. The van der Waals surface area contributed by atoms with Crippen LogP contribution in [0.15, 0.2) is 0 Å². The lowest BCUT2D eigenvalue weighted by atomic mass is 9.91. The summed E-state index contributed by atoms with van der Waals surface area (Å²) in [7, 11) is 1.40. The fourth-order valence-electron chi connectivity index (χ4n) is 2.21. The monoisotopic (exact) mass is 215 g/mol. The van der Waals surface area contributed by atoms with E-state index in [2.05, 4.69) is 4.74 Å². The van der Waals surface area contributed by atoms with Crippen LogP contribution in [-0.4, -0.2) is 48.3 Å². The average molecular weight is 215 g/mol. The van der Waals surface area contributed by atoms with Gasteiger partial charge in [0.15, 0.2) is 0 Å². The highest BCUT2D eigenvalue weighted by molar-refractivity contribution is 5.71. The number of rotatable bonds is 4. The predicted octanol–water partition coefficient (Wildman–Crippen LogP) is 0.785. The molecule has 4 heteroatoms. The molecule has 0 bridgehead atoms. The average Bonchev–Trinajstić information content (AvgIpc) is 2.26. The normalized spacial score (nSPS) is 26.7. The van der Waals surface area contributed by atoms with Crippen LogP contribution in [0.1, 0.15) is 32.6 Å². The molecule has 1 fully saturated rings. The first kappa shape index (κ1) is 12.5. The fraction of sp³-hybridized carbons (Fsp3) is 0.909. The molecule has 2 atom stereocenters. The highest BCUT2D eigenvalue weighted by Gasteiger charge is 2.28. The molecule has 15 heavy (non-hydrogen) atoms.